The summed E-state index contributed by atoms with van der Waals surface area (Å²) in [6.07, 6.45) is 3.54. The molecule has 0 saturated carbocycles. The van der Waals surface area contributed by atoms with Crippen molar-refractivity contribution < 1.29 is 0 Å². The smallest absolute Gasteiger partial charge is 0.121 e. The number of benzene rings is 2. The maximum absolute atomic E-state index is 4.80. The van der Waals surface area contributed by atoms with Crippen molar-refractivity contribution in [2.45, 2.75) is 0 Å². The number of fused-ring (bicyclic) bond motifs is 1. The molecular weight excluding hydrogens is 334 g/mol. The van der Waals surface area contributed by atoms with Crippen molar-refractivity contribution in [2.75, 3.05) is 5.32 Å². The number of nitrogens with zero attached hydrogens (tertiary/aromatic N) is 3. The van der Waals surface area contributed by atoms with Crippen molar-refractivity contribution in [1.29, 1.82) is 0 Å². The molecule has 0 unspecified atom stereocenters. The second kappa shape index (κ2) is 6.46. The third kappa shape index (κ3) is 2.85. The van der Waals surface area contributed by atoms with Gasteiger partial charge in [0.15, 0.2) is 0 Å². The molecule has 0 amide bonds. The van der Waals surface area contributed by atoms with E-state index in [4.69, 9.17) is 5.10 Å². The van der Waals surface area contributed by atoms with Gasteiger partial charge in [0.2, 0.25) is 0 Å². The van der Waals surface area contributed by atoms with Crippen LogP contribution in [0.4, 0.5) is 11.4 Å². The minimum Gasteiger partial charge on any atom is -0.354 e. The van der Waals surface area contributed by atoms with Gasteiger partial charge in [-0.05, 0) is 35.9 Å². The molecule has 2 N–H and O–H groups in total. The van der Waals surface area contributed by atoms with Gasteiger partial charge in [-0.25, -0.2) is 0 Å². The number of hydrogen-bond donors (Lipinski definition) is 2. The van der Waals surface area contributed by atoms with Gasteiger partial charge in [0, 0.05) is 17.4 Å². The molecule has 2 aromatic carbocycles. The minimum absolute atomic E-state index is 0.887. The lowest BCUT2D eigenvalue weighted by Gasteiger charge is -2.05. The predicted molar refractivity (Wildman–Crippen MR) is 107 cm³/mol. The van der Waals surface area contributed by atoms with Crippen LogP contribution in [-0.2, 0) is 0 Å². The summed E-state index contributed by atoms with van der Waals surface area (Å²) in [5, 5.41) is 11.7. The van der Waals surface area contributed by atoms with E-state index in [-0.39, 0.29) is 0 Å². The monoisotopic (exact) mass is 351 g/mol. The molecule has 1 aromatic heterocycles. The molecule has 0 spiro atoms. The molecule has 0 fully saturated rings. The van der Waals surface area contributed by atoms with Gasteiger partial charge in [0.05, 0.1) is 11.9 Å². The molecule has 3 aromatic rings. The summed E-state index contributed by atoms with van der Waals surface area (Å²) in [5.41, 5.74) is 7.01. The Morgan fingerprint density at radius 2 is 1.63 bits per heavy atom. The van der Waals surface area contributed by atoms with Crippen LogP contribution >= 0.6 is 0 Å². The summed E-state index contributed by atoms with van der Waals surface area (Å²) in [5.74, 6) is 0. The third-order valence-corrected chi connectivity index (χ3v) is 4.50. The SMILES string of the molecule is c1ccc(Nc2cc(-c3ccccc3)c3nn(-c4cccnc4)[nH]c2-3)cc1. The van der Waals surface area contributed by atoms with E-state index in [2.05, 4.69) is 33.6 Å². The Bertz CT molecular complexity index is 1130. The average Bonchev–Trinajstić information content (AvgIpc) is 3.31. The van der Waals surface area contributed by atoms with Crippen LogP contribution in [0.2, 0.25) is 0 Å². The van der Waals surface area contributed by atoms with Gasteiger partial charge in [0.1, 0.15) is 17.1 Å². The van der Waals surface area contributed by atoms with Crippen molar-refractivity contribution >= 4 is 11.4 Å². The van der Waals surface area contributed by atoms with E-state index in [9.17, 15) is 0 Å². The Hall–Kier alpha value is -3.86. The summed E-state index contributed by atoms with van der Waals surface area (Å²) >= 11 is 0. The molecule has 0 atom stereocenters. The van der Waals surface area contributed by atoms with E-state index in [1.807, 2.05) is 60.7 Å². The first-order chi connectivity index (χ1) is 13.4. The number of pyridine rings is 1. The van der Waals surface area contributed by atoms with Gasteiger partial charge in [-0.2, -0.15) is 4.80 Å². The van der Waals surface area contributed by atoms with Gasteiger partial charge < -0.3 is 5.32 Å². The summed E-state index contributed by atoms with van der Waals surface area (Å²) in [6.45, 7) is 0. The normalized spacial score (nSPS) is 11.0. The molecule has 2 heterocycles. The van der Waals surface area contributed by atoms with Crippen molar-refractivity contribution in [2.24, 2.45) is 0 Å². The number of H-pyrrole nitrogens is 1. The molecular formula is C22H17N5. The lowest BCUT2D eigenvalue weighted by atomic mass is 10.1. The lowest BCUT2D eigenvalue weighted by molar-refractivity contribution is 0.757. The van der Waals surface area contributed by atoms with Crippen molar-refractivity contribution in [3.05, 3.63) is 91.3 Å². The van der Waals surface area contributed by atoms with Crippen LogP contribution in [0.5, 0.6) is 0 Å². The Morgan fingerprint density at radius 3 is 2.37 bits per heavy atom. The number of rotatable bonds is 4. The Balaban J connectivity index is 1.66. The second-order valence-electron chi connectivity index (χ2n) is 6.29. The topological polar surface area (TPSA) is 58.5 Å². The molecule has 1 aliphatic heterocycles. The van der Waals surface area contributed by atoms with Crippen molar-refractivity contribution in [3.63, 3.8) is 0 Å². The zero-order valence-electron chi connectivity index (χ0n) is 14.5. The third-order valence-electron chi connectivity index (χ3n) is 4.50. The van der Waals surface area contributed by atoms with Crippen LogP contribution in [0.3, 0.4) is 0 Å². The molecule has 0 saturated heterocycles. The number of anilines is 2. The van der Waals surface area contributed by atoms with Crippen molar-refractivity contribution in [3.8, 4) is 28.2 Å². The largest absolute Gasteiger partial charge is 0.354 e. The molecule has 2 aliphatic rings. The summed E-state index contributed by atoms with van der Waals surface area (Å²) in [7, 11) is 0. The Kier molecular flexibility index (Phi) is 3.68. The predicted octanol–water partition coefficient (Wildman–Crippen LogP) is 5.11. The number of nitrogens with one attached hydrogen (secondary N) is 2. The van der Waals surface area contributed by atoms with Crippen LogP contribution in [0.1, 0.15) is 0 Å². The number of aromatic nitrogens is 4. The zero-order chi connectivity index (χ0) is 18.1. The number of aromatic amines is 1. The standard InChI is InChI=1S/C22H17N5/c1-3-8-16(9-4-1)19-14-20(24-17-10-5-2-6-11-17)22-21(19)25-27(26-22)18-12-7-13-23-15-18/h1-15,24,26H. The Labute approximate surface area is 156 Å². The van der Waals surface area contributed by atoms with Gasteiger partial charge in [0.25, 0.3) is 0 Å². The number of hydrogen-bond acceptors (Lipinski definition) is 3. The fourth-order valence-electron chi connectivity index (χ4n) is 3.21. The van der Waals surface area contributed by atoms with E-state index in [1.165, 1.54) is 0 Å². The lowest BCUT2D eigenvalue weighted by Crippen LogP contribution is -1.99. The molecule has 27 heavy (non-hydrogen) atoms. The summed E-state index contributed by atoms with van der Waals surface area (Å²) < 4.78 is 0. The van der Waals surface area contributed by atoms with Crippen molar-refractivity contribution in [1.82, 2.24) is 20.0 Å². The first-order valence-corrected chi connectivity index (χ1v) is 8.78. The van der Waals surface area contributed by atoms with E-state index >= 15 is 0 Å². The maximum atomic E-state index is 4.80. The van der Waals surface area contributed by atoms with Crippen LogP contribution in [-0.4, -0.2) is 20.0 Å². The summed E-state index contributed by atoms with van der Waals surface area (Å²) in [4.78, 5) is 5.95. The van der Waals surface area contributed by atoms with E-state index in [0.717, 1.165) is 39.6 Å². The van der Waals surface area contributed by atoms with E-state index in [1.54, 1.807) is 17.2 Å². The highest BCUT2D eigenvalue weighted by Gasteiger charge is 2.22. The van der Waals surface area contributed by atoms with Gasteiger partial charge in [-0.15, -0.1) is 5.10 Å². The maximum Gasteiger partial charge on any atom is 0.121 e. The highest BCUT2D eigenvalue weighted by atomic mass is 15.5. The fraction of sp³-hybridized carbons (Fsp3) is 0. The minimum atomic E-state index is 0.887. The van der Waals surface area contributed by atoms with Crippen LogP contribution < -0.4 is 5.32 Å². The first-order valence-electron chi connectivity index (χ1n) is 8.78. The quantitative estimate of drug-likeness (QED) is 0.473. The van der Waals surface area contributed by atoms with Crippen LogP contribution in [0, 0.1) is 0 Å². The highest BCUT2D eigenvalue weighted by molar-refractivity contribution is 5.93. The summed E-state index contributed by atoms with van der Waals surface area (Å²) in [6, 6.07) is 26.5. The molecule has 1 aliphatic carbocycles. The molecule has 0 radical (unpaired) electrons. The molecule has 0 bridgehead atoms. The van der Waals surface area contributed by atoms with E-state index < -0.39 is 0 Å². The van der Waals surface area contributed by atoms with Gasteiger partial charge in [-0.3, -0.25) is 10.1 Å². The van der Waals surface area contributed by atoms with Crippen LogP contribution in [0.15, 0.2) is 91.3 Å². The average molecular weight is 351 g/mol. The molecule has 5 rings (SSSR count). The second-order valence-corrected chi connectivity index (χ2v) is 6.29. The zero-order valence-corrected chi connectivity index (χ0v) is 14.5. The fourth-order valence-corrected chi connectivity index (χ4v) is 3.21. The molecule has 5 heteroatoms. The molecule has 5 nitrogen and oxygen atoms in total. The number of para-hydroxylation sites is 1. The Morgan fingerprint density at radius 1 is 0.852 bits per heavy atom. The first kappa shape index (κ1) is 15.4. The van der Waals surface area contributed by atoms with E-state index in [0.29, 0.717) is 0 Å². The highest BCUT2D eigenvalue weighted by Crippen LogP contribution is 2.41. The van der Waals surface area contributed by atoms with Gasteiger partial charge >= 0.3 is 0 Å². The van der Waals surface area contributed by atoms with Crippen LogP contribution in [0.25, 0.3) is 28.2 Å². The molecule has 130 valence electrons. The van der Waals surface area contributed by atoms with Gasteiger partial charge in [-0.1, -0.05) is 48.5 Å².